The topological polar surface area (TPSA) is 50.4 Å². The third kappa shape index (κ3) is 3.85. The van der Waals surface area contributed by atoms with Crippen molar-refractivity contribution in [3.63, 3.8) is 0 Å². The van der Waals surface area contributed by atoms with Crippen LogP contribution in [0.15, 0.2) is 18.2 Å². The van der Waals surface area contributed by atoms with E-state index < -0.39 is 0 Å². The van der Waals surface area contributed by atoms with Gasteiger partial charge in [-0.15, -0.1) is 0 Å². The smallest absolute Gasteiger partial charge is 0.253 e. The van der Waals surface area contributed by atoms with Gasteiger partial charge in [-0.05, 0) is 37.0 Å². The van der Waals surface area contributed by atoms with E-state index in [-0.39, 0.29) is 5.91 Å². The number of benzene rings is 1. The zero-order chi connectivity index (χ0) is 13.7. The molecule has 1 aliphatic rings. The molecule has 1 saturated heterocycles. The first kappa shape index (κ1) is 14.2. The minimum atomic E-state index is -0.0849. The molecule has 2 rings (SSSR count). The molecule has 5 heteroatoms. The number of hydrogen-bond acceptors (Lipinski definition) is 3. The van der Waals surface area contributed by atoms with Gasteiger partial charge in [0.2, 0.25) is 0 Å². The van der Waals surface area contributed by atoms with Crippen LogP contribution in [-0.2, 0) is 4.74 Å². The Morgan fingerprint density at radius 1 is 1.42 bits per heavy atom. The Hall–Kier alpha value is -1.26. The molecule has 1 aromatic carbocycles. The molecule has 1 fully saturated rings. The van der Waals surface area contributed by atoms with Gasteiger partial charge in [0.25, 0.3) is 5.91 Å². The van der Waals surface area contributed by atoms with Crippen molar-refractivity contribution in [3.05, 3.63) is 28.8 Å². The third-order valence-electron chi connectivity index (χ3n) is 3.39. The fraction of sp³-hybridized carbons (Fsp3) is 0.500. The van der Waals surface area contributed by atoms with E-state index in [0.29, 0.717) is 23.0 Å². The van der Waals surface area contributed by atoms with E-state index in [2.05, 4.69) is 10.6 Å². The number of anilines is 1. The number of halogens is 1. The minimum Gasteiger partial charge on any atom is -0.387 e. The average Bonchev–Trinajstić information content (AvgIpc) is 2.46. The molecule has 0 aromatic heterocycles. The first-order valence-electron chi connectivity index (χ1n) is 6.54. The van der Waals surface area contributed by atoms with E-state index in [1.807, 2.05) is 6.07 Å². The van der Waals surface area contributed by atoms with E-state index in [0.717, 1.165) is 31.7 Å². The summed E-state index contributed by atoms with van der Waals surface area (Å²) < 4.78 is 5.30. The van der Waals surface area contributed by atoms with Gasteiger partial charge in [0.05, 0.1) is 5.56 Å². The Morgan fingerprint density at radius 2 is 2.16 bits per heavy atom. The molecule has 0 atom stereocenters. The van der Waals surface area contributed by atoms with Gasteiger partial charge >= 0.3 is 0 Å². The van der Waals surface area contributed by atoms with Gasteiger partial charge in [0.15, 0.2) is 0 Å². The molecule has 19 heavy (non-hydrogen) atoms. The maximum absolute atomic E-state index is 12.2. The summed E-state index contributed by atoms with van der Waals surface area (Å²) in [6.07, 6.45) is 2.02. The first-order chi connectivity index (χ1) is 9.20. The average molecular weight is 283 g/mol. The SMILES string of the molecule is CNc1ccc(Cl)cc1C(=O)NCC1CCOCC1. The molecular weight excluding hydrogens is 264 g/mol. The van der Waals surface area contributed by atoms with E-state index in [1.165, 1.54) is 0 Å². The molecule has 0 radical (unpaired) electrons. The predicted octanol–water partition coefficient (Wildman–Crippen LogP) is 2.54. The third-order valence-corrected chi connectivity index (χ3v) is 3.62. The number of nitrogens with one attached hydrogen (secondary N) is 2. The standard InChI is InChI=1S/C14H19ClN2O2/c1-16-13-3-2-11(15)8-12(13)14(18)17-9-10-4-6-19-7-5-10/h2-3,8,10,16H,4-7,9H2,1H3,(H,17,18). The van der Waals surface area contributed by atoms with Gasteiger partial charge in [0, 0.05) is 37.5 Å². The Balaban J connectivity index is 1.97. The monoisotopic (exact) mass is 282 g/mol. The summed E-state index contributed by atoms with van der Waals surface area (Å²) in [6, 6.07) is 5.26. The molecule has 4 nitrogen and oxygen atoms in total. The van der Waals surface area contributed by atoms with Gasteiger partial charge in [-0.25, -0.2) is 0 Å². The van der Waals surface area contributed by atoms with Crippen molar-refractivity contribution in [1.29, 1.82) is 0 Å². The number of carbonyl (C=O) groups excluding carboxylic acids is 1. The maximum Gasteiger partial charge on any atom is 0.253 e. The van der Waals surface area contributed by atoms with Crippen LogP contribution >= 0.6 is 11.6 Å². The molecule has 104 valence electrons. The van der Waals surface area contributed by atoms with Crippen molar-refractivity contribution in [3.8, 4) is 0 Å². The lowest BCUT2D eigenvalue weighted by molar-refractivity contribution is 0.0643. The van der Waals surface area contributed by atoms with Crippen LogP contribution in [-0.4, -0.2) is 32.7 Å². The number of carbonyl (C=O) groups is 1. The summed E-state index contributed by atoms with van der Waals surface area (Å²) in [7, 11) is 1.79. The fourth-order valence-electron chi connectivity index (χ4n) is 2.21. The van der Waals surface area contributed by atoms with Crippen LogP contribution in [0.25, 0.3) is 0 Å². The number of amides is 1. The highest BCUT2D eigenvalue weighted by atomic mass is 35.5. The number of ether oxygens (including phenoxy) is 1. The molecule has 1 aromatic rings. The Morgan fingerprint density at radius 3 is 2.84 bits per heavy atom. The summed E-state index contributed by atoms with van der Waals surface area (Å²) in [5.74, 6) is 0.424. The summed E-state index contributed by atoms with van der Waals surface area (Å²) >= 11 is 5.94. The lowest BCUT2D eigenvalue weighted by atomic mass is 10.0. The molecule has 0 aliphatic carbocycles. The highest BCUT2D eigenvalue weighted by Crippen LogP contribution is 2.20. The van der Waals surface area contributed by atoms with Crippen molar-refractivity contribution in [2.45, 2.75) is 12.8 Å². The second kappa shape index (κ2) is 6.78. The van der Waals surface area contributed by atoms with Crippen molar-refractivity contribution in [2.75, 3.05) is 32.1 Å². The molecule has 1 amide bonds. The van der Waals surface area contributed by atoms with Crippen molar-refractivity contribution >= 4 is 23.2 Å². The highest BCUT2D eigenvalue weighted by Gasteiger charge is 2.16. The van der Waals surface area contributed by atoms with Gasteiger partial charge in [-0.1, -0.05) is 11.6 Å². The highest BCUT2D eigenvalue weighted by molar-refractivity contribution is 6.31. The minimum absolute atomic E-state index is 0.0849. The summed E-state index contributed by atoms with van der Waals surface area (Å²) in [6.45, 7) is 2.27. The van der Waals surface area contributed by atoms with Crippen molar-refractivity contribution in [1.82, 2.24) is 5.32 Å². The van der Waals surface area contributed by atoms with Gasteiger partial charge in [0.1, 0.15) is 0 Å². The maximum atomic E-state index is 12.2. The first-order valence-corrected chi connectivity index (χ1v) is 6.91. The van der Waals surface area contributed by atoms with E-state index >= 15 is 0 Å². The second-order valence-electron chi connectivity index (χ2n) is 4.71. The Bertz CT molecular complexity index is 445. The van der Waals surface area contributed by atoms with E-state index in [9.17, 15) is 4.79 Å². The van der Waals surface area contributed by atoms with E-state index in [1.54, 1.807) is 19.2 Å². The lowest BCUT2D eigenvalue weighted by Crippen LogP contribution is -2.32. The predicted molar refractivity (Wildman–Crippen MR) is 76.9 cm³/mol. The summed E-state index contributed by atoms with van der Waals surface area (Å²) in [5, 5.41) is 6.54. The fourth-order valence-corrected chi connectivity index (χ4v) is 2.38. The lowest BCUT2D eigenvalue weighted by Gasteiger charge is -2.22. The summed E-state index contributed by atoms with van der Waals surface area (Å²) in [4.78, 5) is 12.2. The van der Waals surface area contributed by atoms with Crippen LogP contribution in [0.5, 0.6) is 0 Å². The quantitative estimate of drug-likeness (QED) is 0.892. The molecule has 1 heterocycles. The normalized spacial score (nSPS) is 16.1. The van der Waals surface area contributed by atoms with Crippen LogP contribution in [0.3, 0.4) is 0 Å². The molecule has 0 bridgehead atoms. The van der Waals surface area contributed by atoms with Crippen LogP contribution < -0.4 is 10.6 Å². The van der Waals surface area contributed by atoms with Crippen LogP contribution in [0.2, 0.25) is 5.02 Å². The number of hydrogen-bond donors (Lipinski definition) is 2. The molecular formula is C14H19ClN2O2. The van der Waals surface area contributed by atoms with Crippen LogP contribution in [0.4, 0.5) is 5.69 Å². The molecule has 0 unspecified atom stereocenters. The van der Waals surface area contributed by atoms with E-state index in [4.69, 9.17) is 16.3 Å². The molecule has 0 spiro atoms. The largest absolute Gasteiger partial charge is 0.387 e. The van der Waals surface area contributed by atoms with Crippen LogP contribution in [0.1, 0.15) is 23.2 Å². The zero-order valence-electron chi connectivity index (χ0n) is 11.0. The second-order valence-corrected chi connectivity index (χ2v) is 5.14. The zero-order valence-corrected chi connectivity index (χ0v) is 11.8. The van der Waals surface area contributed by atoms with Gasteiger partial charge in [-0.3, -0.25) is 4.79 Å². The van der Waals surface area contributed by atoms with Gasteiger partial charge in [-0.2, -0.15) is 0 Å². The Labute approximate surface area is 118 Å². The number of rotatable bonds is 4. The molecule has 1 aliphatic heterocycles. The molecule has 2 N–H and O–H groups in total. The van der Waals surface area contributed by atoms with Crippen molar-refractivity contribution < 1.29 is 9.53 Å². The van der Waals surface area contributed by atoms with Crippen LogP contribution in [0, 0.1) is 5.92 Å². The Kier molecular flexibility index (Phi) is 5.05. The summed E-state index contributed by atoms with van der Waals surface area (Å²) in [5.41, 5.74) is 1.37. The van der Waals surface area contributed by atoms with Gasteiger partial charge < -0.3 is 15.4 Å². The molecule has 0 saturated carbocycles. The van der Waals surface area contributed by atoms with Crippen molar-refractivity contribution in [2.24, 2.45) is 5.92 Å².